The fraction of sp³-hybridized carbons (Fsp3) is 0.167. The Morgan fingerprint density at radius 1 is 1.04 bits per heavy atom. The Morgan fingerprint density at radius 3 is 2.46 bits per heavy atom. The predicted molar refractivity (Wildman–Crippen MR) is 94.8 cm³/mol. The molecule has 4 rings (SSSR count). The van der Waals surface area contributed by atoms with Gasteiger partial charge >= 0.3 is 0 Å². The van der Waals surface area contributed by atoms with Crippen molar-refractivity contribution in [3.8, 4) is 16.9 Å². The summed E-state index contributed by atoms with van der Waals surface area (Å²) in [5.41, 5.74) is 4.76. The summed E-state index contributed by atoms with van der Waals surface area (Å²) in [6.45, 7) is 5.96. The molecule has 6 heteroatoms. The number of hydrogen-bond donors (Lipinski definition) is 0. The van der Waals surface area contributed by atoms with Crippen LogP contribution in [-0.2, 0) is 0 Å². The van der Waals surface area contributed by atoms with Gasteiger partial charge in [0.15, 0.2) is 5.65 Å². The van der Waals surface area contributed by atoms with Crippen LogP contribution >= 0.6 is 11.6 Å². The molecule has 3 aromatic heterocycles. The Kier molecular flexibility index (Phi) is 3.39. The normalized spacial score (nSPS) is 11.3. The van der Waals surface area contributed by atoms with Gasteiger partial charge in [-0.3, -0.25) is 4.57 Å². The largest absolute Gasteiger partial charge is 0.288 e. The van der Waals surface area contributed by atoms with Crippen LogP contribution in [0.15, 0.2) is 42.7 Å². The molecular weight excluding hydrogens is 322 g/mol. The standard InChI is InChI=1S/C18H16ClN5/c1-11-10-16(23-9-8-20-13(23)3)24-18(21-11)17(12(2)22-24)14-4-6-15(19)7-5-14/h4-10H,1-3H3. The van der Waals surface area contributed by atoms with Crippen molar-refractivity contribution in [2.24, 2.45) is 0 Å². The van der Waals surface area contributed by atoms with Gasteiger partial charge in [0.1, 0.15) is 11.6 Å². The fourth-order valence-electron chi connectivity index (χ4n) is 2.97. The molecule has 0 radical (unpaired) electrons. The number of hydrogen-bond acceptors (Lipinski definition) is 3. The average molecular weight is 338 g/mol. The second-order valence-electron chi connectivity index (χ2n) is 5.80. The zero-order valence-corrected chi connectivity index (χ0v) is 14.4. The highest BCUT2D eigenvalue weighted by Gasteiger charge is 2.17. The lowest BCUT2D eigenvalue weighted by Crippen LogP contribution is -2.06. The summed E-state index contributed by atoms with van der Waals surface area (Å²) in [7, 11) is 0. The van der Waals surface area contributed by atoms with E-state index in [1.54, 1.807) is 6.20 Å². The number of imidazole rings is 1. The van der Waals surface area contributed by atoms with E-state index in [9.17, 15) is 0 Å². The Labute approximate surface area is 144 Å². The number of aryl methyl sites for hydroxylation is 3. The molecule has 120 valence electrons. The molecular formula is C18H16ClN5. The molecule has 3 heterocycles. The second kappa shape index (κ2) is 5.46. The summed E-state index contributed by atoms with van der Waals surface area (Å²) in [6.07, 6.45) is 3.72. The smallest absolute Gasteiger partial charge is 0.165 e. The van der Waals surface area contributed by atoms with E-state index < -0.39 is 0 Å². The molecule has 0 atom stereocenters. The lowest BCUT2D eigenvalue weighted by atomic mass is 10.1. The summed E-state index contributed by atoms with van der Waals surface area (Å²) in [5.74, 6) is 1.83. The SMILES string of the molecule is Cc1cc(-n2ccnc2C)n2nc(C)c(-c3ccc(Cl)cc3)c2n1. The maximum absolute atomic E-state index is 6.02. The third-order valence-electron chi connectivity index (χ3n) is 4.08. The van der Waals surface area contributed by atoms with Crippen LogP contribution in [0.4, 0.5) is 0 Å². The zero-order valence-electron chi connectivity index (χ0n) is 13.7. The fourth-order valence-corrected chi connectivity index (χ4v) is 3.10. The highest BCUT2D eigenvalue weighted by Crippen LogP contribution is 2.29. The van der Waals surface area contributed by atoms with Crippen molar-refractivity contribution in [3.05, 3.63) is 65.0 Å². The van der Waals surface area contributed by atoms with Crippen molar-refractivity contribution in [2.45, 2.75) is 20.8 Å². The molecule has 0 fully saturated rings. The van der Waals surface area contributed by atoms with Gasteiger partial charge in [-0.25, -0.2) is 9.97 Å². The van der Waals surface area contributed by atoms with Crippen molar-refractivity contribution in [1.29, 1.82) is 0 Å². The van der Waals surface area contributed by atoms with E-state index in [0.717, 1.165) is 39.8 Å². The van der Waals surface area contributed by atoms with Crippen LogP contribution in [0.3, 0.4) is 0 Å². The molecule has 0 unspecified atom stereocenters. The van der Waals surface area contributed by atoms with Gasteiger partial charge in [0.25, 0.3) is 0 Å². The summed E-state index contributed by atoms with van der Waals surface area (Å²) < 4.78 is 3.89. The highest BCUT2D eigenvalue weighted by molar-refractivity contribution is 6.30. The van der Waals surface area contributed by atoms with Gasteiger partial charge in [-0.2, -0.15) is 9.61 Å². The molecule has 0 aliphatic carbocycles. The number of nitrogens with zero attached hydrogens (tertiary/aromatic N) is 5. The van der Waals surface area contributed by atoms with Crippen molar-refractivity contribution >= 4 is 17.2 Å². The first-order valence-corrected chi connectivity index (χ1v) is 8.05. The lowest BCUT2D eigenvalue weighted by Gasteiger charge is -2.09. The molecule has 24 heavy (non-hydrogen) atoms. The van der Waals surface area contributed by atoms with Crippen molar-refractivity contribution in [3.63, 3.8) is 0 Å². The maximum atomic E-state index is 6.02. The third kappa shape index (κ3) is 2.29. The van der Waals surface area contributed by atoms with Gasteiger partial charge in [0.2, 0.25) is 0 Å². The lowest BCUT2D eigenvalue weighted by molar-refractivity contribution is 0.819. The van der Waals surface area contributed by atoms with E-state index >= 15 is 0 Å². The predicted octanol–water partition coefficient (Wildman–Crippen LogP) is 4.16. The van der Waals surface area contributed by atoms with Gasteiger partial charge in [0, 0.05) is 34.7 Å². The first-order valence-electron chi connectivity index (χ1n) is 7.68. The Balaban J connectivity index is 2.04. The Hall–Kier alpha value is -2.66. The highest BCUT2D eigenvalue weighted by atomic mass is 35.5. The van der Waals surface area contributed by atoms with Crippen LogP contribution in [0, 0.1) is 20.8 Å². The van der Waals surface area contributed by atoms with E-state index in [1.807, 2.05) is 66.4 Å². The topological polar surface area (TPSA) is 48.0 Å². The molecule has 0 saturated heterocycles. The molecule has 1 aromatic carbocycles. The van der Waals surface area contributed by atoms with Crippen molar-refractivity contribution < 1.29 is 0 Å². The Morgan fingerprint density at radius 2 is 1.79 bits per heavy atom. The van der Waals surface area contributed by atoms with Gasteiger partial charge in [0.05, 0.1) is 5.69 Å². The van der Waals surface area contributed by atoms with Crippen LogP contribution in [0.1, 0.15) is 17.2 Å². The van der Waals surface area contributed by atoms with Crippen molar-refractivity contribution in [1.82, 2.24) is 24.1 Å². The molecule has 0 N–H and O–H groups in total. The molecule has 0 bridgehead atoms. The van der Waals surface area contributed by atoms with E-state index in [4.69, 9.17) is 21.7 Å². The number of benzene rings is 1. The first-order chi connectivity index (χ1) is 11.5. The first kappa shape index (κ1) is 14.9. The summed E-state index contributed by atoms with van der Waals surface area (Å²) in [6, 6.07) is 9.78. The molecule has 4 aromatic rings. The molecule has 0 saturated carbocycles. The van der Waals surface area contributed by atoms with Gasteiger partial charge in [-0.15, -0.1) is 0 Å². The average Bonchev–Trinajstić information content (AvgIpc) is 3.10. The summed E-state index contributed by atoms with van der Waals surface area (Å²) >= 11 is 6.02. The Bertz CT molecular complexity index is 1040. The van der Waals surface area contributed by atoms with Crippen LogP contribution in [0.2, 0.25) is 5.02 Å². The van der Waals surface area contributed by atoms with E-state index in [1.165, 1.54) is 0 Å². The molecule has 0 aliphatic heterocycles. The summed E-state index contributed by atoms with van der Waals surface area (Å²) in [4.78, 5) is 9.04. The maximum Gasteiger partial charge on any atom is 0.165 e. The van der Waals surface area contributed by atoms with Crippen LogP contribution in [0.25, 0.3) is 22.6 Å². The number of aromatic nitrogens is 5. The minimum atomic E-state index is 0.715. The molecule has 5 nitrogen and oxygen atoms in total. The van der Waals surface area contributed by atoms with E-state index in [-0.39, 0.29) is 0 Å². The molecule has 0 aliphatic rings. The minimum Gasteiger partial charge on any atom is -0.288 e. The minimum absolute atomic E-state index is 0.715. The van der Waals surface area contributed by atoms with Crippen LogP contribution in [0.5, 0.6) is 0 Å². The van der Waals surface area contributed by atoms with Crippen LogP contribution < -0.4 is 0 Å². The van der Waals surface area contributed by atoms with E-state index in [2.05, 4.69) is 4.98 Å². The molecule has 0 amide bonds. The van der Waals surface area contributed by atoms with Gasteiger partial charge in [-0.1, -0.05) is 23.7 Å². The van der Waals surface area contributed by atoms with Crippen molar-refractivity contribution in [2.75, 3.05) is 0 Å². The monoisotopic (exact) mass is 337 g/mol. The number of rotatable bonds is 2. The van der Waals surface area contributed by atoms with Gasteiger partial charge in [-0.05, 0) is 38.5 Å². The third-order valence-corrected chi connectivity index (χ3v) is 4.33. The van der Waals surface area contributed by atoms with E-state index in [0.29, 0.717) is 5.02 Å². The second-order valence-corrected chi connectivity index (χ2v) is 6.24. The van der Waals surface area contributed by atoms with Crippen LogP contribution in [-0.4, -0.2) is 24.1 Å². The van der Waals surface area contributed by atoms with Gasteiger partial charge < -0.3 is 0 Å². The number of fused-ring (bicyclic) bond motifs is 1. The summed E-state index contributed by atoms with van der Waals surface area (Å²) in [5, 5.41) is 5.44. The zero-order chi connectivity index (χ0) is 16.8. The molecule has 0 spiro atoms. The quantitative estimate of drug-likeness (QED) is 0.552. The number of halogens is 1.